The zero-order valence-corrected chi connectivity index (χ0v) is 19.3. The van der Waals surface area contributed by atoms with Crippen molar-refractivity contribution < 1.29 is 19.1 Å². The SMILES string of the molecule is CCOC(=O)/C(Nc1ccc(Cl)cc1)=C(\Nc1ccc2c(c1)[nH]c(=O)n2CC)C(=O)OCC. The summed E-state index contributed by atoms with van der Waals surface area (Å²) in [5.74, 6) is -1.49. The van der Waals surface area contributed by atoms with Crippen LogP contribution >= 0.6 is 11.6 Å². The first kappa shape index (κ1) is 23.9. The van der Waals surface area contributed by atoms with Crippen molar-refractivity contribution in [2.24, 2.45) is 0 Å². The van der Waals surface area contributed by atoms with Gasteiger partial charge in [-0.1, -0.05) is 11.6 Å². The number of nitrogens with zero attached hydrogens (tertiary/aromatic N) is 1. The Morgan fingerprint density at radius 2 is 1.45 bits per heavy atom. The fourth-order valence-electron chi connectivity index (χ4n) is 3.21. The first-order chi connectivity index (χ1) is 15.9. The summed E-state index contributed by atoms with van der Waals surface area (Å²) in [7, 11) is 0. The van der Waals surface area contributed by atoms with Gasteiger partial charge in [-0.25, -0.2) is 14.4 Å². The highest BCUT2D eigenvalue weighted by Crippen LogP contribution is 2.22. The molecule has 0 saturated heterocycles. The summed E-state index contributed by atoms with van der Waals surface area (Å²) in [5, 5.41) is 6.41. The molecule has 0 aliphatic heterocycles. The summed E-state index contributed by atoms with van der Waals surface area (Å²) >= 11 is 5.95. The number of anilines is 2. The Kier molecular flexibility index (Phi) is 7.78. The Morgan fingerprint density at radius 3 is 2.00 bits per heavy atom. The molecule has 1 heterocycles. The maximum atomic E-state index is 12.8. The lowest BCUT2D eigenvalue weighted by Gasteiger charge is -2.17. The molecule has 0 saturated carbocycles. The number of rotatable bonds is 9. The van der Waals surface area contributed by atoms with E-state index < -0.39 is 11.9 Å². The van der Waals surface area contributed by atoms with E-state index in [0.29, 0.717) is 28.5 Å². The minimum Gasteiger partial charge on any atom is -0.461 e. The van der Waals surface area contributed by atoms with Crippen LogP contribution in [-0.4, -0.2) is 34.7 Å². The van der Waals surface area contributed by atoms with Crippen molar-refractivity contribution in [1.82, 2.24) is 9.55 Å². The number of nitrogens with one attached hydrogen (secondary N) is 3. The highest BCUT2D eigenvalue weighted by molar-refractivity contribution is 6.30. The summed E-state index contributed by atoms with van der Waals surface area (Å²) in [5.41, 5.74) is 1.79. The number of carbonyl (C=O) groups is 2. The monoisotopic (exact) mass is 472 g/mol. The predicted molar refractivity (Wildman–Crippen MR) is 127 cm³/mol. The van der Waals surface area contributed by atoms with E-state index in [2.05, 4.69) is 15.6 Å². The van der Waals surface area contributed by atoms with Gasteiger partial charge in [0.15, 0.2) is 11.4 Å². The van der Waals surface area contributed by atoms with Gasteiger partial charge < -0.3 is 25.1 Å². The van der Waals surface area contributed by atoms with Gasteiger partial charge in [-0.15, -0.1) is 0 Å². The Hall–Kier alpha value is -3.72. The van der Waals surface area contributed by atoms with Crippen LogP contribution in [0.2, 0.25) is 5.02 Å². The average Bonchev–Trinajstić information content (AvgIpc) is 3.11. The molecule has 3 rings (SSSR count). The number of fused-ring (bicyclic) bond motifs is 1. The number of esters is 2. The predicted octanol–water partition coefficient (Wildman–Crippen LogP) is 3.86. The lowest BCUT2D eigenvalue weighted by atomic mass is 10.2. The fourth-order valence-corrected chi connectivity index (χ4v) is 3.34. The van der Waals surface area contributed by atoms with Gasteiger partial charge in [0.25, 0.3) is 0 Å². The smallest absolute Gasteiger partial charge is 0.357 e. The second kappa shape index (κ2) is 10.7. The largest absolute Gasteiger partial charge is 0.461 e. The van der Waals surface area contributed by atoms with Crippen molar-refractivity contribution >= 4 is 45.9 Å². The van der Waals surface area contributed by atoms with E-state index in [9.17, 15) is 14.4 Å². The normalized spacial score (nSPS) is 11.6. The van der Waals surface area contributed by atoms with Gasteiger partial charge in [0.1, 0.15) is 0 Å². The molecule has 2 aromatic carbocycles. The number of ether oxygens (including phenoxy) is 2. The van der Waals surface area contributed by atoms with Crippen LogP contribution in [-0.2, 0) is 25.6 Å². The Bertz CT molecular complexity index is 1240. The molecule has 0 unspecified atom stereocenters. The van der Waals surface area contributed by atoms with Crippen LogP contribution in [0.1, 0.15) is 20.8 Å². The van der Waals surface area contributed by atoms with E-state index in [0.717, 1.165) is 5.52 Å². The molecule has 0 fully saturated rings. The number of H-pyrrole nitrogens is 1. The lowest BCUT2D eigenvalue weighted by Crippen LogP contribution is -2.25. The first-order valence-corrected chi connectivity index (χ1v) is 10.9. The van der Waals surface area contributed by atoms with Gasteiger partial charge in [-0.2, -0.15) is 0 Å². The van der Waals surface area contributed by atoms with Crippen molar-refractivity contribution in [3.8, 4) is 0 Å². The van der Waals surface area contributed by atoms with E-state index in [1.54, 1.807) is 60.9 Å². The van der Waals surface area contributed by atoms with Crippen LogP contribution in [0.25, 0.3) is 11.0 Å². The van der Waals surface area contributed by atoms with Crippen molar-refractivity contribution in [3.63, 3.8) is 0 Å². The first-order valence-electron chi connectivity index (χ1n) is 10.5. The maximum Gasteiger partial charge on any atom is 0.357 e. The zero-order valence-electron chi connectivity index (χ0n) is 18.5. The highest BCUT2D eigenvalue weighted by atomic mass is 35.5. The number of aryl methyl sites for hydroxylation is 1. The van der Waals surface area contributed by atoms with Crippen molar-refractivity contribution in [3.05, 3.63) is 69.4 Å². The van der Waals surface area contributed by atoms with E-state index in [1.807, 2.05) is 6.92 Å². The summed E-state index contributed by atoms with van der Waals surface area (Å²) in [4.78, 5) is 40.5. The number of hydrogen-bond donors (Lipinski definition) is 3. The highest BCUT2D eigenvalue weighted by Gasteiger charge is 2.25. The molecule has 9 nitrogen and oxygen atoms in total. The van der Waals surface area contributed by atoms with Gasteiger partial charge in [0.2, 0.25) is 0 Å². The standard InChI is InChI=1S/C23H25ClN4O5/c1-4-28-18-12-11-16(13-17(18)27-23(28)31)26-20(22(30)33-6-3)19(21(29)32-5-2)25-15-9-7-14(24)8-10-15/h7-13,25-26H,4-6H2,1-3H3,(H,27,31)/b20-19+. The van der Waals surface area contributed by atoms with Crippen LogP contribution in [0.15, 0.2) is 58.7 Å². The van der Waals surface area contributed by atoms with Gasteiger partial charge >= 0.3 is 17.6 Å². The molecule has 0 amide bonds. The maximum absolute atomic E-state index is 12.8. The van der Waals surface area contributed by atoms with Crippen LogP contribution in [0.4, 0.5) is 11.4 Å². The molecule has 0 aliphatic rings. The van der Waals surface area contributed by atoms with Gasteiger partial charge in [0.05, 0.1) is 24.2 Å². The summed E-state index contributed by atoms with van der Waals surface area (Å²) < 4.78 is 11.9. The van der Waals surface area contributed by atoms with Gasteiger partial charge in [0, 0.05) is 22.9 Å². The third kappa shape index (κ3) is 5.56. The molecule has 0 spiro atoms. The molecule has 1 aromatic heterocycles. The molecular formula is C23H25ClN4O5. The number of hydrogen-bond acceptors (Lipinski definition) is 7. The molecule has 3 aromatic rings. The Labute approximate surface area is 195 Å². The van der Waals surface area contributed by atoms with Crippen LogP contribution in [0, 0.1) is 0 Å². The second-order valence-electron chi connectivity index (χ2n) is 6.85. The number of aromatic amines is 1. The van der Waals surface area contributed by atoms with Gasteiger partial charge in [-0.3, -0.25) is 4.57 Å². The average molecular weight is 473 g/mol. The van der Waals surface area contributed by atoms with E-state index in [4.69, 9.17) is 21.1 Å². The topological polar surface area (TPSA) is 114 Å². The zero-order chi connectivity index (χ0) is 24.0. The van der Waals surface area contributed by atoms with Crippen LogP contribution in [0.5, 0.6) is 0 Å². The molecule has 0 atom stereocenters. The summed E-state index contributed by atoms with van der Waals surface area (Å²) in [6.45, 7) is 5.92. The summed E-state index contributed by atoms with van der Waals surface area (Å²) in [6.07, 6.45) is 0. The molecule has 33 heavy (non-hydrogen) atoms. The van der Waals surface area contributed by atoms with E-state index in [1.165, 1.54) is 0 Å². The van der Waals surface area contributed by atoms with Crippen LogP contribution < -0.4 is 16.3 Å². The van der Waals surface area contributed by atoms with Crippen molar-refractivity contribution in [1.29, 1.82) is 0 Å². The quantitative estimate of drug-likeness (QED) is 0.320. The number of benzene rings is 2. The number of carbonyl (C=O) groups excluding carboxylic acids is 2. The molecular weight excluding hydrogens is 448 g/mol. The summed E-state index contributed by atoms with van der Waals surface area (Å²) in [6, 6.07) is 11.7. The number of aromatic nitrogens is 2. The number of imidazole rings is 1. The van der Waals surface area contributed by atoms with E-state index >= 15 is 0 Å². The molecule has 0 bridgehead atoms. The van der Waals surface area contributed by atoms with Crippen molar-refractivity contribution in [2.45, 2.75) is 27.3 Å². The molecule has 174 valence electrons. The second-order valence-corrected chi connectivity index (χ2v) is 7.29. The number of halogens is 1. The molecule has 3 N–H and O–H groups in total. The minimum atomic E-state index is -0.748. The molecule has 0 radical (unpaired) electrons. The third-order valence-electron chi connectivity index (χ3n) is 4.68. The van der Waals surface area contributed by atoms with Crippen molar-refractivity contribution in [2.75, 3.05) is 23.8 Å². The Morgan fingerprint density at radius 1 is 0.909 bits per heavy atom. The third-order valence-corrected chi connectivity index (χ3v) is 4.93. The molecule has 10 heteroatoms. The minimum absolute atomic E-state index is 0.104. The van der Waals surface area contributed by atoms with E-state index in [-0.39, 0.29) is 30.3 Å². The van der Waals surface area contributed by atoms with Gasteiger partial charge in [-0.05, 0) is 63.2 Å². The Balaban J connectivity index is 2.08. The lowest BCUT2D eigenvalue weighted by molar-refractivity contribution is -0.141. The fraction of sp³-hybridized carbons (Fsp3) is 0.261. The van der Waals surface area contributed by atoms with Crippen LogP contribution in [0.3, 0.4) is 0 Å². The molecule has 0 aliphatic carbocycles.